The minimum absolute atomic E-state index is 0.0565. The van der Waals surface area contributed by atoms with Crippen molar-refractivity contribution in [1.82, 2.24) is 13.5 Å². The summed E-state index contributed by atoms with van der Waals surface area (Å²) < 4.78 is 32.8. The average Bonchev–Trinajstić information content (AvgIpc) is 3.05. The lowest BCUT2D eigenvalue weighted by molar-refractivity contribution is -0.142. The number of hydrogen-bond donors (Lipinski definition) is 2. The molecule has 10 nitrogen and oxygen atoms in total. The fourth-order valence-corrected chi connectivity index (χ4v) is 4.38. The number of aliphatic carboxylic acids is 1. The highest BCUT2D eigenvalue weighted by molar-refractivity contribution is 7.86. The molecule has 2 rings (SSSR count). The molecular weight excluding hydrogens is 378 g/mol. The van der Waals surface area contributed by atoms with E-state index in [-0.39, 0.29) is 19.5 Å². The Bertz CT molecular complexity index is 795. The van der Waals surface area contributed by atoms with Gasteiger partial charge >= 0.3 is 12.1 Å². The van der Waals surface area contributed by atoms with Crippen molar-refractivity contribution in [3.8, 4) is 5.75 Å². The zero-order valence-corrected chi connectivity index (χ0v) is 16.1. The van der Waals surface area contributed by atoms with Crippen LogP contribution in [0.25, 0.3) is 0 Å². The number of likely N-dealkylation sites (tertiary alicyclic amines) is 1. The number of methoxy groups -OCH3 is 1. The van der Waals surface area contributed by atoms with E-state index in [0.717, 1.165) is 13.5 Å². The van der Waals surface area contributed by atoms with Gasteiger partial charge in [0.15, 0.2) is 0 Å². The molecule has 0 aliphatic carbocycles. The zero-order chi connectivity index (χ0) is 20.4. The lowest BCUT2D eigenvalue weighted by Crippen LogP contribution is -2.54. The lowest BCUT2D eigenvalue weighted by atomic mass is 10.1. The third-order valence-electron chi connectivity index (χ3n) is 4.49. The van der Waals surface area contributed by atoms with Crippen molar-refractivity contribution in [2.45, 2.75) is 25.0 Å². The lowest BCUT2D eigenvalue weighted by Gasteiger charge is -2.33. The molecule has 0 radical (unpaired) electrons. The molecule has 2 N–H and O–H groups in total. The van der Waals surface area contributed by atoms with Crippen LogP contribution in [0.5, 0.6) is 5.75 Å². The summed E-state index contributed by atoms with van der Waals surface area (Å²) in [7, 11) is 0.195. The number of carboxylic acids is 1. The monoisotopic (exact) mass is 401 g/mol. The molecule has 0 saturated carbocycles. The molecule has 1 aromatic carbocycles. The number of hydrogen-bond acceptors (Lipinski definition) is 5. The molecule has 1 amide bonds. The summed E-state index contributed by atoms with van der Waals surface area (Å²) >= 11 is 0. The van der Waals surface area contributed by atoms with E-state index >= 15 is 0 Å². The Balaban J connectivity index is 2.43. The van der Waals surface area contributed by atoms with Crippen LogP contribution in [0.1, 0.15) is 12.0 Å². The number of rotatable bonds is 7. The van der Waals surface area contributed by atoms with Gasteiger partial charge in [-0.1, -0.05) is 12.1 Å². The quantitative estimate of drug-likeness (QED) is 0.681. The van der Waals surface area contributed by atoms with Crippen molar-refractivity contribution in [2.24, 2.45) is 0 Å². The predicted octanol–water partition coefficient (Wildman–Crippen LogP) is 0.509. The zero-order valence-electron chi connectivity index (χ0n) is 15.3. The van der Waals surface area contributed by atoms with Gasteiger partial charge in [0.05, 0.1) is 13.2 Å². The molecule has 0 aromatic heterocycles. The highest BCUT2D eigenvalue weighted by Gasteiger charge is 2.48. The normalized spacial score (nSPS) is 20.3. The highest BCUT2D eigenvalue weighted by atomic mass is 32.2. The summed E-state index contributed by atoms with van der Waals surface area (Å²) in [4.78, 5) is 23.8. The second kappa shape index (κ2) is 8.11. The Labute approximate surface area is 157 Å². The van der Waals surface area contributed by atoms with E-state index in [4.69, 9.17) is 4.74 Å². The molecule has 11 heteroatoms. The first-order valence-corrected chi connectivity index (χ1v) is 9.54. The average molecular weight is 401 g/mol. The smallest absolute Gasteiger partial charge is 0.408 e. The van der Waals surface area contributed by atoms with E-state index in [0.29, 0.717) is 11.3 Å². The van der Waals surface area contributed by atoms with Crippen molar-refractivity contribution < 1.29 is 33.0 Å². The molecule has 0 unspecified atom stereocenters. The maximum atomic E-state index is 12.9. The van der Waals surface area contributed by atoms with Gasteiger partial charge in [0, 0.05) is 27.2 Å². The van der Waals surface area contributed by atoms with Crippen LogP contribution in [0.15, 0.2) is 24.3 Å². The van der Waals surface area contributed by atoms with E-state index < -0.39 is 34.4 Å². The van der Waals surface area contributed by atoms with Crippen molar-refractivity contribution >= 4 is 22.3 Å². The maximum absolute atomic E-state index is 12.9. The molecule has 1 heterocycles. The third-order valence-corrected chi connectivity index (χ3v) is 6.41. The first-order chi connectivity index (χ1) is 12.6. The van der Waals surface area contributed by atoms with Crippen molar-refractivity contribution in [1.29, 1.82) is 0 Å². The molecule has 1 aliphatic rings. The Morgan fingerprint density at radius 1 is 1.22 bits per heavy atom. The van der Waals surface area contributed by atoms with Gasteiger partial charge in [-0.25, -0.2) is 9.59 Å². The first-order valence-electron chi connectivity index (χ1n) is 8.14. The van der Waals surface area contributed by atoms with Gasteiger partial charge in [0.1, 0.15) is 11.8 Å². The Morgan fingerprint density at radius 3 is 2.26 bits per heavy atom. The Kier molecular flexibility index (Phi) is 6.29. The van der Waals surface area contributed by atoms with Crippen molar-refractivity contribution in [3.05, 3.63) is 29.8 Å². The number of benzene rings is 1. The number of carboxylic acid groups (broad SMARTS) is 2. The summed E-state index contributed by atoms with van der Waals surface area (Å²) in [6, 6.07) is 4.20. The minimum Gasteiger partial charge on any atom is -0.497 e. The van der Waals surface area contributed by atoms with Gasteiger partial charge < -0.3 is 14.9 Å². The van der Waals surface area contributed by atoms with Crippen LogP contribution in [0.4, 0.5) is 4.79 Å². The topological polar surface area (TPSA) is 128 Å². The van der Waals surface area contributed by atoms with Gasteiger partial charge in [-0.05, 0) is 24.1 Å². The summed E-state index contributed by atoms with van der Waals surface area (Å²) in [6.07, 6.45) is -1.30. The molecule has 1 aromatic rings. The van der Waals surface area contributed by atoms with Gasteiger partial charge in [-0.15, -0.1) is 0 Å². The van der Waals surface area contributed by atoms with Gasteiger partial charge in [0.2, 0.25) is 0 Å². The van der Waals surface area contributed by atoms with Crippen LogP contribution in [0.2, 0.25) is 0 Å². The summed E-state index contributed by atoms with van der Waals surface area (Å²) in [5.41, 5.74) is 0.624. The summed E-state index contributed by atoms with van der Waals surface area (Å²) in [5, 5.41) is 18.8. The number of ether oxygens (including phenoxy) is 1. The van der Waals surface area contributed by atoms with Crippen LogP contribution in [-0.4, -0.2) is 84.0 Å². The molecule has 27 heavy (non-hydrogen) atoms. The van der Waals surface area contributed by atoms with E-state index in [9.17, 15) is 28.2 Å². The third kappa shape index (κ3) is 4.31. The van der Waals surface area contributed by atoms with Crippen LogP contribution >= 0.6 is 0 Å². The van der Waals surface area contributed by atoms with Gasteiger partial charge in [0.25, 0.3) is 10.2 Å². The van der Waals surface area contributed by atoms with Gasteiger partial charge in [-0.2, -0.15) is 17.0 Å². The number of nitrogens with zero attached hydrogens (tertiary/aromatic N) is 3. The van der Waals surface area contributed by atoms with Gasteiger partial charge in [-0.3, -0.25) is 4.90 Å². The Hall–Kier alpha value is -2.37. The predicted molar refractivity (Wildman–Crippen MR) is 95.7 cm³/mol. The first kappa shape index (κ1) is 20.9. The molecule has 150 valence electrons. The summed E-state index contributed by atoms with van der Waals surface area (Å²) in [6.45, 7) is -0.147. The van der Waals surface area contributed by atoms with Crippen molar-refractivity contribution in [2.75, 3.05) is 27.7 Å². The second-order valence-electron chi connectivity index (χ2n) is 6.30. The van der Waals surface area contributed by atoms with Crippen LogP contribution in [0, 0.1) is 0 Å². The van der Waals surface area contributed by atoms with Crippen LogP contribution in [0.3, 0.4) is 0 Å². The van der Waals surface area contributed by atoms with E-state index in [1.54, 1.807) is 24.3 Å². The fraction of sp³-hybridized carbons (Fsp3) is 0.500. The fourth-order valence-electron chi connectivity index (χ4n) is 3.08. The minimum atomic E-state index is -4.00. The van der Waals surface area contributed by atoms with Crippen LogP contribution in [-0.2, 0) is 21.5 Å². The van der Waals surface area contributed by atoms with E-state index in [1.807, 2.05) is 0 Å². The molecule has 1 aliphatic heterocycles. The molecule has 1 saturated heterocycles. The maximum Gasteiger partial charge on any atom is 0.408 e. The Morgan fingerprint density at radius 2 is 1.81 bits per heavy atom. The largest absolute Gasteiger partial charge is 0.497 e. The molecular formula is C16H23N3O7S. The van der Waals surface area contributed by atoms with Crippen molar-refractivity contribution in [3.63, 3.8) is 0 Å². The number of carbonyl (C=O) groups is 2. The standard InChI is InChI=1S/C16H23N3O7S/c1-17(2)27(24,25)19(10-11-4-6-12(26-3)7-5-11)13-8-9-18(16(22)23)14(13)15(20)21/h4-7,13-14H,8-10H2,1-3H3,(H,20,21)(H,22,23)/t13-,14+/m0/s1. The molecule has 0 bridgehead atoms. The number of amides is 1. The molecule has 1 fully saturated rings. The second-order valence-corrected chi connectivity index (χ2v) is 8.39. The molecule has 2 atom stereocenters. The van der Waals surface area contributed by atoms with E-state index in [1.165, 1.54) is 21.2 Å². The molecule has 0 spiro atoms. The SMILES string of the molecule is COc1ccc(CN([C@H]2CCN(C(=O)O)[C@H]2C(=O)O)S(=O)(=O)N(C)C)cc1. The summed E-state index contributed by atoms with van der Waals surface area (Å²) in [5.74, 6) is -0.782. The van der Waals surface area contributed by atoms with E-state index in [2.05, 4.69) is 0 Å². The highest BCUT2D eigenvalue weighted by Crippen LogP contribution is 2.28. The van der Waals surface area contributed by atoms with Crippen LogP contribution < -0.4 is 4.74 Å².